The first-order valence-corrected chi connectivity index (χ1v) is 16.6. The molecular formula is C34H43N3O7S. The van der Waals surface area contributed by atoms with E-state index >= 15 is 0 Å². The minimum Gasteiger partial charge on any atom is -0.497 e. The van der Waals surface area contributed by atoms with Crippen molar-refractivity contribution >= 4 is 27.5 Å². The lowest BCUT2D eigenvalue weighted by Crippen LogP contribution is -2.53. The van der Waals surface area contributed by atoms with Crippen LogP contribution >= 0.6 is 0 Å². The molecule has 0 aromatic heterocycles. The minimum atomic E-state index is -4.23. The van der Waals surface area contributed by atoms with Gasteiger partial charge in [-0.15, -0.1) is 0 Å². The molecule has 2 amide bonds. The third kappa shape index (κ3) is 8.27. The highest BCUT2D eigenvalue weighted by molar-refractivity contribution is 7.92. The second-order valence-corrected chi connectivity index (χ2v) is 13.1. The first kappa shape index (κ1) is 33.6. The Morgan fingerprint density at radius 1 is 0.889 bits per heavy atom. The smallest absolute Gasteiger partial charge is 0.264 e. The monoisotopic (exact) mass is 637 g/mol. The van der Waals surface area contributed by atoms with Gasteiger partial charge in [0.2, 0.25) is 11.8 Å². The first-order valence-electron chi connectivity index (χ1n) is 15.1. The number of carbonyl (C=O) groups is 2. The lowest BCUT2D eigenvalue weighted by molar-refractivity contribution is -0.139. The van der Waals surface area contributed by atoms with Gasteiger partial charge in [0.25, 0.3) is 10.0 Å². The van der Waals surface area contributed by atoms with Crippen molar-refractivity contribution in [3.05, 3.63) is 77.9 Å². The molecule has 1 atom stereocenters. The number of hydrogen-bond donors (Lipinski definition) is 1. The zero-order valence-electron chi connectivity index (χ0n) is 26.6. The van der Waals surface area contributed by atoms with Crippen molar-refractivity contribution < 1.29 is 32.2 Å². The van der Waals surface area contributed by atoms with Gasteiger partial charge in [-0.3, -0.25) is 13.9 Å². The molecule has 10 nitrogen and oxygen atoms in total. The molecule has 3 aromatic rings. The highest BCUT2D eigenvalue weighted by Gasteiger charge is 2.33. The van der Waals surface area contributed by atoms with Crippen LogP contribution in [0.15, 0.2) is 71.6 Å². The van der Waals surface area contributed by atoms with E-state index in [1.807, 2.05) is 13.0 Å². The molecule has 45 heavy (non-hydrogen) atoms. The van der Waals surface area contributed by atoms with E-state index < -0.39 is 28.5 Å². The van der Waals surface area contributed by atoms with Crippen molar-refractivity contribution in [3.63, 3.8) is 0 Å². The fourth-order valence-electron chi connectivity index (χ4n) is 5.47. The predicted molar refractivity (Wildman–Crippen MR) is 173 cm³/mol. The molecule has 0 spiro atoms. The summed E-state index contributed by atoms with van der Waals surface area (Å²) in [6, 6.07) is 17.5. The largest absolute Gasteiger partial charge is 0.497 e. The van der Waals surface area contributed by atoms with Gasteiger partial charge in [0.15, 0.2) is 11.5 Å². The molecule has 0 heterocycles. The molecular weight excluding hydrogens is 594 g/mol. The average molecular weight is 638 g/mol. The number of benzene rings is 3. The van der Waals surface area contributed by atoms with Gasteiger partial charge in [0.05, 0.1) is 31.9 Å². The van der Waals surface area contributed by atoms with Gasteiger partial charge in [0.1, 0.15) is 18.3 Å². The van der Waals surface area contributed by atoms with Crippen molar-refractivity contribution in [1.82, 2.24) is 10.2 Å². The lowest BCUT2D eigenvalue weighted by atomic mass is 9.95. The normalized spacial score (nSPS) is 14.2. The minimum absolute atomic E-state index is 0.0260. The summed E-state index contributed by atoms with van der Waals surface area (Å²) in [6.07, 6.45) is 5.02. The van der Waals surface area contributed by atoms with Crippen molar-refractivity contribution in [2.24, 2.45) is 0 Å². The van der Waals surface area contributed by atoms with Crippen LogP contribution in [0.5, 0.6) is 17.2 Å². The summed E-state index contributed by atoms with van der Waals surface area (Å²) < 4.78 is 45.5. The van der Waals surface area contributed by atoms with Crippen LogP contribution in [0, 0.1) is 6.92 Å². The Kier molecular flexibility index (Phi) is 11.3. The molecule has 0 radical (unpaired) electrons. The number of anilines is 1. The van der Waals surface area contributed by atoms with Crippen LogP contribution in [0.1, 0.15) is 50.2 Å². The maximum absolute atomic E-state index is 14.3. The standard InChI is InChI=1S/C34H43N3O7S/c1-24-14-17-30(18-15-24)45(40,41)37(28-16-19-31(43-4)32(21-28)44-5)23-33(38)36(22-26-10-9-13-29(20-26)42-3)25(2)34(39)35-27-11-7-6-8-12-27/h9-10,13-21,25,27H,6-8,11-12,22-23H2,1-5H3,(H,35,39)/t25-/m0/s1. The van der Waals surface area contributed by atoms with E-state index in [1.165, 1.54) is 37.3 Å². The first-order chi connectivity index (χ1) is 21.6. The van der Waals surface area contributed by atoms with Crippen molar-refractivity contribution in [2.75, 3.05) is 32.2 Å². The molecule has 242 valence electrons. The van der Waals surface area contributed by atoms with Gasteiger partial charge in [-0.05, 0) is 68.7 Å². The van der Waals surface area contributed by atoms with Gasteiger partial charge < -0.3 is 24.4 Å². The third-order valence-corrected chi connectivity index (χ3v) is 9.94. The van der Waals surface area contributed by atoms with E-state index in [4.69, 9.17) is 14.2 Å². The number of methoxy groups -OCH3 is 3. The fraction of sp³-hybridized carbons (Fsp3) is 0.412. The quantitative estimate of drug-likeness (QED) is 0.278. The second-order valence-electron chi connectivity index (χ2n) is 11.3. The molecule has 0 bridgehead atoms. The van der Waals surface area contributed by atoms with Crippen LogP contribution < -0.4 is 23.8 Å². The zero-order valence-corrected chi connectivity index (χ0v) is 27.4. The molecule has 3 aromatic carbocycles. The second kappa shape index (κ2) is 15.2. The Labute approximate surface area is 266 Å². The molecule has 1 saturated carbocycles. The molecule has 1 N–H and O–H groups in total. The van der Waals surface area contributed by atoms with E-state index in [9.17, 15) is 18.0 Å². The summed E-state index contributed by atoms with van der Waals surface area (Å²) in [5.74, 6) is 0.493. The summed E-state index contributed by atoms with van der Waals surface area (Å²) in [5.41, 5.74) is 1.84. The SMILES string of the molecule is COc1cccc(CN(C(=O)CN(c2ccc(OC)c(OC)c2)S(=O)(=O)c2ccc(C)cc2)[C@@H](C)C(=O)NC2CCCCC2)c1. The number of hydrogen-bond acceptors (Lipinski definition) is 7. The number of nitrogens with zero attached hydrogens (tertiary/aromatic N) is 2. The van der Waals surface area contributed by atoms with E-state index in [0.717, 1.165) is 47.5 Å². The Morgan fingerprint density at radius 2 is 1.58 bits per heavy atom. The molecule has 1 fully saturated rings. The van der Waals surface area contributed by atoms with E-state index in [1.54, 1.807) is 56.5 Å². The van der Waals surface area contributed by atoms with Gasteiger partial charge >= 0.3 is 0 Å². The Morgan fingerprint density at radius 3 is 2.22 bits per heavy atom. The van der Waals surface area contributed by atoms with Crippen LogP contribution in [0.3, 0.4) is 0 Å². The number of amides is 2. The van der Waals surface area contributed by atoms with Crippen LogP contribution in [0.25, 0.3) is 0 Å². The highest BCUT2D eigenvalue weighted by atomic mass is 32.2. The number of aryl methyl sites for hydroxylation is 1. The number of sulfonamides is 1. The highest BCUT2D eigenvalue weighted by Crippen LogP contribution is 2.34. The maximum atomic E-state index is 14.3. The molecule has 4 rings (SSSR count). The van der Waals surface area contributed by atoms with E-state index in [2.05, 4.69) is 5.32 Å². The van der Waals surface area contributed by atoms with Crippen LogP contribution in [0.2, 0.25) is 0 Å². The molecule has 1 aliphatic rings. The van der Waals surface area contributed by atoms with Gasteiger partial charge in [-0.2, -0.15) is 0 Å². The summed E-state index contributed by atoms with van der Waals surface area (Å²) >= 11 is 0. The summed E-state index contributed by atoms with van der Waals surface area (Å²) in [6.45, 7) is 3.05. The number of nitrogens with one attached hydrogen (secondary N) is 1. The molecule has 0 aliphatic heterocycles. The molecule has 1 aliphatic carbocycles. The molecule has 0 unspecified atom stereocenters. The Hall–Kier alpha value is -4.25. The number of rotatable bonds is 13. The fourth-order valence-corrected chi connectivity index (χ4v) is 6.87. The van der Waals surface area contributed by atoms with Gasteiger partial charge in [-0.1, -0.05) is 49.1 Å². The third-order valence-electron chi connectivity index (χ3n) is 8.15. The predicted octanol–water partition coefficient (Wildman–Crippen LogP) is 5.08. The summed E-state index contributed by atoms with van der Waals surface area (Å²) in [4.78, 5) is 29.3. The van der Waals surface area contributed by atoms with E-state index in [-0.39, 0.29) is 29.1 Å². The number of carbonyl (C=O) groups excluding carboxylic acids is 2. The van der Waals surface area contributed by atoms with Crippen molar-refractivity contribution in [3.8, 4) is 17.2 Å². The molecule has 11 heteroatoms. The van der Waals surface area contributed by atoms with Gasteiger partial charge in [-0.25, -0.2) is 8.42 Å². The van der Waals surface area contributed by atoms with Crippen molar-refractivity contribution in [1.29, 1.82) is 0 Å². The zero-order chi connectivity index (χ0) is 32.6. The summed E-state index contributed by atoms with van der Waals surface area (Å²) in [7, 11) is 0.264. The number of ether oxygens (including phenoxy) is 3. The maximum Gasteiger partial charge on any atom is 0.264 e. The average Bonchev–Trinajstić information content (AvgIpc) is 3.06. The summed E-state index contributed by atoms with van der Waals surface area (Å²) in [5, 5.41) is 3.12. The lowest BCUT2D eigenvalue weighted by Gasteiger charge is -2.33. The van der Waals surface area contributed by atoms with E-state index in [0.29, 0.717) is 17.2 Å². The van der Waals surface area contributed by atoms with Crippen molar-refractivity contribution in [2.45, 2.75) is 69.5 Å². The van der Waals surface area contributed by atoms with Gasteiger partial charge in [0, 0.05) is 18.7 Å². The Balaban J connectivity index is 1.73. The van der Waals surface area contributed by atoms with Crippen LogP contribution in [0.4, 0.5) is 5.69 Å². The van der Waals surface area contributed by atoms with Crippen LogP contribution in [-0.2, 0) is 26.2 Å². The Bertz CT molecular complexity index is 1570. The van der Waals surface area contributed by atoms with Crippen LogP contribution in [-0.4, -0.2) is 65.1 Å². The topological polar surface area (TPSA) is 114 Å². The molecule has 0 saturated heterocycles.